The Hall–Kier alpha value is -5.22. The summed E-state index contributed by atoms with van der Waals surface area (Å²) >= 11 is 6.22. The summed E-state index contributed by atoms with van der Waals surface area (Å²) in [7, 11) is 1.37. The van der Waals surface area contributed by atoms with E-state index < -0.39 is 6.04 Å². The molecule has 1 atom stereocenters. The first-order valence-electron chi connectivity index (χ1n) is 13.0. The predicted octanol–water partition coefficient (Wildman–Crippen LogP) is 4.60. The van der Waals surface area contributed by atoms with Crippen molar-refractivity contribution in [2.24, 2.45) is 0 Å². The van der Waals surface area contributed by atoms with Crippen LogP contribution in [-0.4, -0.2) is 49.4 Å². The summed E-state index contributed by atoms with van der Waals surface area (Å²) in [4.78, 5) is 24.8. The van der Waals surface area contributed by atoms with Crippen molar-refractivity contribution in [1.82, 2.24) is 35.7 Å². The van der Waals surface area contributed by atoms with Crippen LogP contribution in [0.2, 0.25) is 5.02 Å². The molecule has 0 aliphatic heterocycles. The van der Waals surface area contributed by atoms with Gasteiger partial charge in [0, 0.05) is 22.2 Å². The van der Waals surface area contributed by atoms with E-state index in [-0.39, 0.29) is 18.3 Å². The molecule has 0 fully saturated rings. The molecule has 0 radical (unpaired) electrons. The highest BCUT2D eigenvalue weighted by Crippen LogP contribution is 2.24. The Kier molecular flexibility index (Phi) is 9.05. The summed E-state index contributed by atoms with van der Waals surface area (Å²) in [6.45, 7) is 0. The van der Waals surface area contributed by atoms with Crippen molar-refractivity contribution in [3.63, 3.8) is 0 Å². The molecule has 0 spiro atoms. The van der Waals surface area contributed by atoms with E-state index in [1.54, 1.807) is 30.5 Å². The van der Waals surface area contributed by atoms with E-state index in [0.717, 1.165) is 22.3 Å². The van der Waals surface area contributed by atoms with Crippen LogP contribution in [0.25, 0.3) is 22.9 Å². The number of carbonyl (C=O) groups excluding carboxylic acids is 2. The molecule has 0 unspecified atom stereocenters. The first-order valence-corrected chi connectivity index (χ1v) is 13.4. The molecule has 0 saturated carbocycles. The summed E-state index contributed by atoms with van der Waals surface area (Å²) in [6, 6.07) is 24.1. The largest absolute Gasteiger partial charge is 0.469 e. The number of esters is 1. The van der Waals surface area contributed by atoms with Crippen LogP contribution in [0.1, 0.15) is 28.4 Å². The molecule has 3 aromatic carbocycles. The van der Waals surface area contributed by atoms with Crippen molar-refractivity contribution in [2.45, 2.75) is 18.9 Å². The van der Waals surface area contributed by atoms with E-state index >= 15 is 0 Å². The van der Waals surface area contributed by atoms with Crippen molar-refractivity contribution < 1.29 is 14.3 Å². The van der Waals surface area contributed by atoms with Crippen molar-refractivity contribution >= 4 is 29.6 Å². The third kappa shape index (κ3) is 7.29. The van der Waals surface area contributed by atoms with Gasteiger partial charge in [0.1, 0.15) is 6.33 Å². The maximum Gasteiger partial charge on any atom is 0.309 e. The number of methoxy groups -OCH3 is 1. The van der Waals surface area contributed by atoms with Crippen LogP contribution in [0.3, 0.4) is 0 Å². The quantitative estimate of drug-likeness (QED) is 0.188. The van der Waals surface area contributed by atoms with Gasteiger partial charge in [-0.3, -0.25) is 9.59 Å². The van der Waals surface area contributed by atoms with Gasteiger partial charge in [0.15, 0.2) is 0 Å². The Balaban J connectivity index is 1.39. The van der Waals surface area contributed by atoms with Crippen molar-refractivity contribution in [2.75, 3.05) is 7.11 Å². The number of rotatable bonds is 10. The lowest BCUT2D eigenvalue weighted by Gasteiger charge is -2.18. The maximum absolute atomic E-state index is 13.2. The lowest BCUT2D eigenvalue weighted by Crippen LogP contribution is -2.29. The van der Waals surface area contributed by atoms with Gasteiger partial charge < -0.3 is 10.1 Å². The van der Waals surface area contributed by atoms with Gasteiger partial charge in [0.05, 0.1) is 37.2 Å². The average molecular weight is 580 g/mol. The third-order valence-electron chi connectivity index (χ3n) is 6.49. The number of nitrogens with zero attached hydrogens (tertiary/aromatic N) is 6. The molecule has 5 aromatic rings. The Morgan fingerprint density at radius 1 is 0.976 bits per heavy atom. The fourth-order valence-corrected chi connectivity index (χ4v) is 4.55. The van der Waals surface area contributed by atoms with Gasteiger partial charge in [-0.25, -0.2) is 0 Å². The minimum absolute atomic E-state index is 0.196. The number of nitrogens with one attached hydrogen (secondary N) is 1. The van der Waals surface area contributed by atoms with Crippen molar-refractivity contribution in [1.29, 1.82) is 0 Å². The van der Waals surface area contributed by atoms with Crippen LogP contribution in [0.15, 0.2) is 97.5 Å². The number of amides is 1. The summed E-state index contributed by atoms with van der Waals surface area (Å²) in [5.41, 5.74) is 5.55. The van der Waals surface area contributed by atoms with E-state index in [0.29, 0.717) is 28.4 Å². The highest BCUT2D eigenvalue weighted by Gasteiger charge is 2.18. The van der Waals surface area contributed by atoms with E-state index in [1.165, 1.54) is 24.2 Å². The lowest BCUT2D eigenvalue weighted by molar-refractivity contribution is -0.139. The van der Waals surface area contributed by atoms with Crippen LogP contribution in [0, 0.1) is 0 Å². The highest BCUT2D eigenvalue weighted by molar-refractivity contribution is 6.30. The molecule has 42 heavy (non-hydrogen) atoms. The molecule has 11 heteroatoms. The first-order chi connectivity index (χ1) is 20.5. The standard InChI is InChI=1S/C31H26ClN7O3/c1-42-31(41)16-22-7-9-23(10-8-22)25-18-28(36-33-19-25)27(15-21-5-3-2-4-6-21)35-30(40)14-11-24-17-26(32)12-13-29(24)39-20-34-37-38-39/h2-14,17-20,27H,15-16H2,1H3,(H,35,40)/b14-11+/t27-/m0/s1. The molecule has 5 rings (SSSR count). The number of benzene rings is 3. The van der Waals surface area contributed by atoms with Gasteiger partial charge in [-0.15, -0.1) is 5.10 Å². The van der Waals surface area contributed by atoms with Crippen LogP contribution in [-0.2, 0) is 27.2 Å². The Morgan fingerprint density at radius 3 is 2.52 bits per heavy atom. The maximum atomic E-state index is 13.2. The minimum Gasteiger partial charge on any atom is -0.469 e. The van der Waals surface area contributed by atoms with Gasteiger partial charge in [-0.2, -0.15) is 14.9 Å². The Morgan fingerprint density at radius 2 is 1.79 bits per heavy atom. The molecule has 0 aliphatic rings. The van der Waals surface area contributed by atoms with Crippen LogP contribution in [0.5, 0.6) is 0 Å². The summed E-state index contributed by atoms with van der Waals surface area (Å²) in [5, 5.41) is 23.5. The fraction of sp³-hybridized carbons (Fsp3) is 0.129. The summed E-state index contributed by atoms with van der Waals surface area (Å²) < 4.78 is 6.25. The van der Waals surface area contributed by atoms with Crippen LogP contribution < -0.4 is 5.32 Å². The predicted molar refractivity (Wildman–Crippen MR) is 157 cm³/mol. The molecule has 0 aliphatic carbocycles. The minimum atomic E-state index is -0.464. The van der Waals surface area contributed by atoms with Gasteiger partial charge >= 0.3 is 5.97 Å². The normalized spacial score (nSPS) is 11.8. The number of aromatic nitrogens is 6. The molecule has 2 aromatic heterocycles. The van der Waals surface area contributed by atoms with Crippen molar-refractivity contribution in [3.05, 3.63) is 125 Å². The van der Waals surface area contributed by atoms with E-state index in [9.17, 15) is 9.59 Å². The zero-order valence-electron chi connectivity index (χ0n) is 22.6. The molecular formula is C31H26ClN7O3. The van der Waals surface area contributed by atoms with E-state index in [1.807, 2.05) is 60.7 Å². The second-order valence-electron chi connectivity index (χ2n) is 9.36. The van der Waals surface area contributed by atoms with Crippen molar-refractivity contribution in [3.8, 4) is 16.8 Å². The fourth-order valence-electron chi connectivity index (χ4n) is 4.37. The van der Waals surface area contributed by atoms with E-state index in [2.05, 4.69) is 31.0 Å². The smallest absolute Gasteiger partial charge is 0.309 e. The van der Waals surface area contributed by atoms with Crippen LogP contribution >= 0.6 is 11.6 Å². The van der Waals surface area contributed by atoms with Gasteiger partial charge in [0.25, 0.3) is 0 Å². The molecule has 1 N–H and O–H groups in total. The summed E-state index contributed by atoms with van der Waals surface area (Å²) in [6.07, 6.45) is 6.94. The molecule has 1 amide bonds. The Bertz CT molecular complexity index is 1690. The number of halogens is 1. The molecule has 10 nitrogen and oxygen atoms in total. The molecule has 210 valence electrons. The number of hydrogen-bond donors (Lipinski definition) is 1. The Labute approximate surface area is 247 Å². The second-order valence-corrected chi connectivity index (χ2v) is 9.80. The van der Waals surface area contributed by atoms with Crippen LogP contribution in [0.4, 0.5) is 0 Å². The first kappa shape index (κ1) is 28.3. The lowest BCUT2D eigenvalue weighted by atomic mass is 9.99. The number of ether oxygens (including phenoxy) is 1. The van der Waals surface area contributed by atoms with Gasteiger partial charge in [-0.1, -0.05) is 66.2 Å². The third-order valence-corrected chi connectivity index (χ3v) is 6.73. The molecule has 0 saturated heterocycles. The average Bonchev–Trinajstić information content (AvgIpc) is 3.56. The number of hydrogen-bond acceptors (Lipinski definition) is 8. The zero-order valence-corrected chi connectivity index (χ0v) is 23.3. The van der Waals surface area contributed by atoms with Gasteiger partial charge in [0.2, 0.25) is 5.91 Å². The van der Waals surface area contributed by atoms with Gasteiger partial charge in [-0.05, 0) is 63.9 Å². The molecular weight excluding hydrogens is 554 g/mol. The second kappa shape index (κ2) is 13.4. The molecule has 2 heterocycles. The highest BCUT2D eigenvalue weighted by atomic mass is 35.5. The molecule has 0 bridgehead atoms. The monoisotopic (exact) mass is 579 g/mol. The number of carbonyl (C=O) groups is 2. The topological polar surface area (TPSA) is 125 Å². The van der Waals surface area contributed by atoms with E-state index in [4.69, 9.17) is 16.3 Å². The summed E-state index contributed by atoms with van der Waals surface area (Å²) in [5.74, 6) is -0.621. The zero-order chi connectivity index (χ0) is 29.3. The SMILES string of the molecule is COC(=O)Cc1ccc(-c2cnnc([C@H](Cc3ccccc3)NC(=O)/C=C/c3cc(Cl)ccc3-n3cnnn3)c2)cc1. The number of tetrazole rings is 1.